The number of unbranched alkanes of at least 4 members (excludes halogenated alkanes) is 1. The second-order valence-corrected chi connectivity index (χ2v) is 10.3. The lowest BCUT2D eigenvalue weighted by Crippen LogP contribution is -2.40. The van der Waals surface area contributed by atoms with Crippen LogP contribution in [0.5, 0.6) is 0 Å². The molecule has 0 unspecified atom stereocenters. The van der Waals surface area contributed by atoms with Crippen LogP contribution in [0.4, 0.5) is 5.69 Å². The topological polar surface area (TPSA) is 58.4 Å². The minimum atomic E-state index is -0.0381. The third-order valence-electron chi connectivity index (χ3n) is 7.67. The van der Waals surface area contributed by atoms with E-state index in [0.717, 1.165) is 54.9 Å². The molecule has 3 heterocycles. The second-order valence-electron chi connectivity index (χ2n) is 10.3. The van der Waals surface area contributed by atoms with E-state index in [0.29, 0.717) is 18.9 Å². The van der Waals surface area contributed by atoms with Gasteiger partial charge in [0.25, 0.3) is 0 Å². The van der Waals surface area contributed by atoms with Gasteiger partial charge in [-0.1, -0.05) is 44.5 Å². The lowest BCUT2D eigenvalue weighted by Gasteiger charge is -2.30. The smallest absolute Gasteiger partial charge is 0.242 e. The van der Waals surface area contributed by atoms with Crippen LogP contribution in [0.3, 0.4) is 0 Å². The number of anilines is 1. The lowest BCUT2D eigenvalue weighted by molar-refractivity contribution is -0.133. The highest BCUT2D eigenvalue weighted by molar-refractivity contribution is 5.96. The molecule has 35 heavy (non-hydrogen) atoms. The molecule has 6 nitrogen and oxygen atoms in total. The van der Waals surface area contributed by atoms with Gasteiger partial charge in [-0.05, 0) is 61.4 Å². The molecule has 2 amide bonds. The normalized spacial score (nSPS) is 19.1. The van der Waals surface area contributed by atoms with Crippen molar-refractivity contribution in [3.8, 4) is 0 Å². The van der Waals surface area contributed by atoms with Crippen LogP contribution in [0.1, 0.15) is 63.3 Å². The molecule has 2 aliphatic heterocycles. The van der Waals surface area contributed by atoms with Crippen molar-refractivity contribution >= 4 is 28.5 Å². The number of hydrogen-bond acceptors (Lipinski definition) is 3. The number of likely N-dealkylation sites (tertiary alicyclic amines) is 1. The summed E-state index contributed by atoms with van der Waals surface area (Å²) in [5.41, 5.74) is 4.10. The number of rotatable bonds is 7. The maximum absolute atomic E-state index is 13.2. The van der Waals surface area contributed by atoms with Crippen LogP contribution in [0.25, 0.3) is 11.0 Å². The predicted molar refractivity (Wildman–Crippen MR) is 139 cm³/mol. The van der Waals surface area contributed by atoms with E-state index in [4.69, 9.17) is 4.98 Å². The fraction of sp³-hybridized carbons (Fsp3) is 0.483. The van der Waals surface area contributed by atoms with Crippen LogP contribution in [0.2, 0.25) is 0 Å². The molecule has 6 heteroatoms. The molecule has 0 aliphatic carbocycles. The molecule has 184 valence electrons. The first-order valence-corrected chi connectivity index (χ1v) is 13.2. The molecule has 0 N–H and O–H groups in total. The summed E-state index contributed by atoms with van der Waals surface area (Å²) in [5, 5.41) is 0. The first-order chi connectivity index (χ1) is 17.0. The maximum Gasteiger partial charge on any atom is 0.242 e. The number of amides is 2. The molecule has 0 bridgehead atoms. The first kappa shape index (κ1) is 23.6. The number of para-hydroxylation sites is 2. The third kappa shape index (κ3) is 4.97. The van der Waals surface area contributed by atoms with E-state index in [9.17, 15) is 9.59 Å². The quantitative estimate of drug-likeness (QED) is 0.477. The summed E-state index contributed by atoms with van der Waals surface area (Å²) in [6.45, 7) is 6.97. The number of benzene rings is 2. The van der Waals surface area contributed by atoms with E-state index in [1.54, 1.807) is 0 Å². The van der Waals surface area contributed by atoms with E-state index in [2.05, 4.69) is 42.7 Å². The number of fused-ring (bicyclic) bond motifs is 1. The molecule has 5 rings (SSSR count). The molecule has 2 aromatic carbocycles. The van der Waals surface area contributed by atoms with Crippen molar-refractivity contribution in [1.29, 1.82) is 0 Å². The van der Waals surface area contributed by atoms with E-state index in [1.807, 2.05) is 34.1 Å². The van der Waals surface area contributed by atoms with Gasteiger partial charge in [-0.15, -0.1) is 0 Å². The van der Waals surface area contributed by atoms with Gasteiger partial charge >= 0.3 is 0 Å². The highest BCUT2D eigenvalue weighted by Crippen LogP contribution is 2.33. The minimum Gasteiger partial charge on any atom is -0.341 e. The molecule has 3 aromatic rings. The van der Waals surface area contributed by atoms with E-state index < -0.39 is 0 Å². The number of carbonyl (C=O) groups is 2. The number of aryl methyl sites for hydroxylation is 1. The number of nitrogens with zero attached hydrogens (tertiary/aromatic N) is 4. The number of carbonyl (C=O) groups excluding carboxylic acids is 2. The second kappa shape index (κ2) is 10.2. The van der Waals surface area contributed by atoms with Crippen molar-refractivity contribution in [2.45, 2.75) is 64.8 Å². The van der Waals surface area contributed by atoms with Gasteiger partial charge in [0.05, 0.1) is 11.0 Å². The number of aromatic nitrogens is 2. The third-order valence-corrected chi connectivity index (χ3v) is 7.67. The van der Waals surface area contributed by atoms with E-state index >= 15 is 0 Å². The largest absolute Gasteiger partial charge is 0.341 e. The Kier molecular flexibility index (Phi) is 6.89. The van der Waals surface area contributed by atoms with Crippen LogP contribution < -0.4 is 4.90 Å². The lowest BCUT2D eigenvalue weighted by atomic mass is 9.99. The predicted octanol–water partition coefficient (Wildman–Crippen LogP) is 5.16. The van der Waals surface area contributed by atoms with Crippen LogP contribution in [-0.4, -0.2) is 45.9 Å². The molecule has 2 saturated heterocycles. The minimum absolute atomic E-state index is 0.0381. The molecule has 1 atom stereocenters. The van der Waals surface area contributed by atoms with Crippen LogP contribution in [-0.2, 0) is 22.6 Å². The zero-order valence-electron chi connectivity index (χ0n) is 20.9. The van der Waals surface area contributed by atoms with E-state index in [-0.39, 0.29) is 24.3 Å². The number of piperidine rings is 1. The Morgan fingerprint density at radius 1 is 1.06 bits per heavy atom. The molecule has 2 fully saturated rings. The summed E-state index contributed by atoms with van der Waals surface area (Å²) in [4.78, 5) is 35.1. The molecule has 2 aliphatic rings. The monoisotopic (exact) mass is 472 g/mol. The standard InChI is InChI=1S/C29H36N4O2/c1-3-4-7-22-10-12-24(13-11-22)32-19-23(18-27(32)34)29-30-25-8-5-6-9-26(25)33(29)20-28(35)31-16-14-21(2)15-17-31/h5-6,8-13,21,23H,3-4,7,14-20H2,1-2H3/t23-/m0/s1. The van der Waals surface area contributed by atoms with Crippen LogP contribution in [0.15, 0.2) is 48.5 Å². The van der Waals surface area contributed by atoms with Crippen LogP contribution >= 0.6 is 0 Å². The van der Waals surface area contributed by atoms with Gasteiger partial charge in [0.1, 0.15) is 12.4 Å². The average Bonchev–Trinajstić information content (AvgIpc) is 3.44. The Labute approximate surface area is 207 Å². The Hall–Kier alpha value is -3.15. The summed E-state index contributed by atoms with van der Waals surface area (Å²) in [6.07, 6.45) is 5.96. The number of hydrogen-bond donors (Lipinski definition) is 0. The fourth-order valence-electron chi connectivity index (χ4n) is 5.42. The Morgan fingerprint density at radius 2 is 1.80 bits per heavy atom. The number of imidazole rings is 1. The zero-order chi connectivity index (χ0) is 24.4. The Balaban J connectivity index is 1.38. The SMILES string of the molecule is CCCCc1ccc(N2C[C@@H](c3nc4ccccc4n3CC(=O)N3CCC(C)CC3)CC2=O)cc1. The first-order valence-electron chi connectivity index (χ1n) is 13.2. The molecule has 0 spiro atoms. The van der Waals surface area contributed by atoms with Crippen molar-refractivity contribution in [2.24, 2.45) is 5.92 Å². The molecule has 0 radical (unpaired) electrons. The molecule has 0 saturated carbocycles. The van der Waals surface area contributed by atoms with Crippen molar-refractivity contribution in [3.05, 3.63) is 59.9 Å². The zero-order valence-corrected chi connectivity index (χ0v) is 20.9. The summed E-state index contributed by atoms with van der Waals surface area (Å²) < 4.78 is 2.06. The van der Waals surface area contributed by atoms with Gasteiger partial charge < -0.3 is 14.4 Å². The van der Waals surface area contributed by atoms with Gasteiger partial charge in [0.15, 0.2) is 0 Å². The summed E-state index contributed by atoms with van der Waals surface area (Å²) >= 11 is 0. The molecular formula is C29H36N4O2. The van der Waals surface area contributed by atoms with Crippen molar-refractivity contribution in [2.75, 3.05) is 24.5 Å². The maximum atomic E-state index is 13.2. The Morgan fingerprint density at radius 3 is 2.54 bits per heavy atom. The highest BCUT2D eigenvalue weighted by Gasteiger charge is 2.35. The molecule has 1 aromatic heterocycles. The van der Waals surface area contributed by atoms with Gasteiger partial charge in [0, 0.05) is 37.7 Å². The fourth-order valence-corrected chi connectivity index (χ4v) is 5.42. The van der Waals surface area contributed by atoms with Gasteiger partial charge in [-0.3, -0.25) is 9.59 Å². The van der Waals surface area contributed by atoms with E-state index in [1.165, 1.54) is 18.4 Å². The Bertz CT molecular complexity index is 1190. The van der Waals surface area contributed by atoms with Gasteiger partial charge in [0.2, 0.25) is 11.8 Å². The summed E-state index contributed by atoms with van der Waals surface area (Å²) in [7, 11) is 0. The van der Waals surface area contributed by atoms with Gasteiger partial charge in [-0.2, -0.15) is 0 Å². The average molecular weight is 473 g/mol. The van der Waals surface area contributed by atoms with Crippen molar-refractivity contribution in [1.82, 2.24) is 14.5 Å². The summed E-state index contributed by atoms with van der Waals surface area (Å²) in [6, 6.07) is 16.4. The van der Waals surface area contributed by atoms with Gasteiger partial charge in [-0.25, -0.2) is 4.98 Å². The molecular weight excluding hydrogens is 436 g/mol. The summed E-state index contributed by atoms with van der Waals surface area (Å²) in [5.74, 6) is 1.75. The van der Waals surface area contributed by atoms with Crippen LogP contribution in [0, 0.1) is 5.92 Å². The van der Waals surface area contributed by atoms with Crippen molar-refractivity contribution in [3.63, 3.8) is 0 Å². The van der Waals surface area contributed by atoms with Crippen molar-refractivity contribution < 1.29 is 9.59 Å². The highest BCUT2D eigenvalue weighted by atomic mass is 16.2.